The largest absolute Gasteiger partial charge is 0.396 e. The van der Waals surface area contributed by atoms with Crippen molar-refractivity contribution in [1.82, 2.24) is 9.80 Å². The Morgan fingerprint density at radius 1 is 1.29 bits per heavy atom. The molecule has 1 unspecified atom stereocenters. The fraction of sp³-hybridized carbons (Fsp3) is 0.647. The topological polar surface area (TPSA) is 26.7 Å². The summed E-state index contributed by atoms with van der Waals surface area (Å²) in [6.45, 7) is 9.29. The molecular formula is C17H27FN2O. The van der Waals surface area contributed by atoms with Crippen molar-refractivity contribution in [2.75, 3.05) is 32.8 Å². The Balaban J connectivity index is 2.00. The molecule has 1 atom stereocenters. The van der Waals surface area contributed by atoms with Gasteiger partial charge < -0.3 is 10.0 Å². The number of piperazine rings is 1. The molecule has 1 aliphatic rings. The second kappa shape index (κ2) is 7.87. The highest BCUT2D eigenvalue weighted by Gasteiger charge is 2.27. The van der Waals surface area contributed by atoms with Gasteiger partial charge in [0.05, 0.1) is 0 Å². The van der Waals surface area contributed by atoms with Crippen molar-refractivity contribution in [2.24, 2.45) is 5.92 Å². The van der Waals surface area contributed by atoms with E-state index >= 15 is 0 Å². The minimum atomic E-state index is -0.134. The molecule has 3 nitrogen and oxygen atoms in total. The number of hydrogen-bond donors (Lipinski definition) is 1. The maximum atomic E-state index is 13.8. The van der Waals surface area contributed by atoms with Crippen molar-refractivity contribution in [3.8, 4) is 0 Å². The lowest BCUT2D eigenvalue weighted by Crippen LogP contribution is -2.53. The van der Waals surface area contributed by atoms with Crippen molar-refractivity contribution < 1.29 is 9.50 Å². The molecule has 1 heterocycles. The molecule has 0 amide bonds. The first-order chi connectivity index (χ1) is 10.1. The van der Waals surface area contributed by atoms with Crippen LogP contribution in [0, 0.1) is 11.7 Å². The normalized spacial score (nSPS) is 21.1. The molecule has 1 aromatic carbocycles. The lowest BCUT2D eigenvalue weighted by molar-refractivity contribution is 0.0477. The van der Waals surface area contributed by atoms with Gasteiger partial charge in [0.2, 0.25) is 0 Å². The van der Waals surface area contributed by atoms with Crippen molar-refractivity contribution in [1.29, 1.82) is 0 Å². The molecule has 0 bridgehead atoms. The summed E-state index contributed by atoms with van der Waals surface area (Å²) in [6.07, 6.45) is 0.753. The highest BCUT2D eigenvalue weighted by Crippen LogP contribution is 2.18. The van der Waals surface area contributed by atoms with E-state index in [1.54, 1.807) is 6.07 Å². The van der Waals surface area contributed by atoms with Gasteiger partial charge >= 0.3 is 0 Å². The zero-order valence-corrected chi connectivity index (χ0v) is 13.1. The second-order valence-corrected chi connectivity index (χ2v) is 6.38. The Morgan fingerprint density at radius 2 is 2.05 bits per heavy atom. The highest BCUT2D eigenvalue weighted by atomic mass is 19.1. The molecule has 4 heteroatoms. The zero-order valence-electron chi connectivity index (χ0n) is 13.1. The summed E-state index contributed by atoms with van der Waals surface area (Å²) in [5.74, 6) is 0.516. The van der Waals surface area contributed by atoms with Crippen LogP contribution in [-0.4, -0.2) is 53.7 Å². The van der Waals surface area contributed by atoms with E-state index < -0.39 is 0 Å². The number of hydrogen-bond acceptors (Lipinski definition) is 3. The summed E-state index contributed by atoms with van der Waals surface area (Å²) in [5.41, 5.74) is 0.748. The van der Waals surface area contributed by atoms with Crippen LogP contribution in [0.2, 0.25) is 0 Å². The second-order valence-electron chi connectivity index (χ2n) is 6.38. The summed E-state index contributed by atoms with van der Waals surface area (Å²) in [6, 6.07) is 7.29. The number of nitrogens with zero attached hydrogens (tertiary/aromatic N) is 2. The van der Waals surface area contributed by atoms with E-state index in [1.807, 2.05) is 12.1 Å². The monoisotopic (exact) mass is 294 g/mol. The van der Waals surface area contributed by atoms with Gasteiger partial charge in [0.1, 0.15) is 5.82 Å². The van der Waals surface area contributed by atoms with E-state index in [4.69, 9.17) is 0 Å². The molecule has 1 aliphatic heterocycles. The number of aliphatic hydroxyl groups excluding tert-OH is 1. The third-order valence-electron chi connectivity index (χ3n) is 4.11. The first-order valence-electron chi connectivity index (χ1n) is 7.90. The van der Waals surface area contributed by atoms with Crippen molar-refractivity contribution in [2.45, 2.75) is 32.9 Å². The summed E-state index contributed by atoms with van der Waals surface area (Å²) >= 11 is 0. The Morgan fingerprint density at radius 3 is 2.71 bits per heavy atom. The van der Waals surface area contributed by atoms with Crippen LogP contribution in [0.5, 0.6) is 0 Å². The quantitative estimate of drug-likeness (QED) is 0.872. The Kier molecular flexibility index (Phi) is 6.15. The van der Waals surface area contributed by atoms with Crippen molar-refractivity contribution in [3.05, 3.63) is 35.6 Å². The van der Waals surface area contributed by atoms with Gasteiger partial charge in [0, 0.05) is 50.9 Å². The minimum Gasteiger partial charge on any atom is -0.396 e. The van der Waals surface area contributed by atoms with Crippen LogP contribution in [0.4, 0.5) is 4.39 Å². The molecule has 0 saturated carbocycles. The molecule has 0 aliphatic carbocycles. The first kappa shape index (κ1) is 16.4. The molecule has 1 fully saturated rings. The van der Waals surface area contributed by atoms with E-state index in [1.165, 1.54) is 6.07 Å². The summed E-state index contributed by atoms with van der Waals surface area (Å²) < 4.78 is 13.8. The predicted molar refractivity (Wildman–Crippen MR) is 83.6 cm³/mol. The number of rotatable bonds is 6. The van der Waals surface area contributed by atoms with E-state index in [0.717, 1.165) is 38.2 Å². The average molecular weight is 294 g/mol. The maximum absolute atomic E-state index is 13.8. The van der Waals surface area contributed by atoms with Gasteiger partial charge in [0.25, 0.3) is 0 Å². The number of halogens is 1. The smallest absolute Gasteiger partial charge is 0.127 e. The molecule has 0 spiro atoms. The first-order valence-corrected chi connectivity index (χ1v) is 7.90. The van der Waals surface area contributed by atoms with Crippen molar-refractivity contribution >= 4 is 0 Å². The van der Waals surface area contributed by atoms with Gasteiger partial charge in [-0.25, -0.2) is 4.39 Å². The predicted octanol–water partition coefficient (Wildman–Crippen LogP) is 2.35. The summed E-state index contributed by atoms with van der Waals surface area (Å²) in [5, 5.41) is 9.31. The molecule has 1 aromatic rings. The molecule has 0 aromatic heterocycles. The summed E-state index contributed by atoms with van der Waals surface area (Å²) in [4.78, 5) is 4.77. The van der Waals surface area contributed by atoms with Gasteiger partial charge in [-0.3, -0.25) is 4.90 Å². The van der Waals surface area contributed by atoms with E-state index in [-0.39, 0.29) is 12.4 Å². The molecule has 1 saturated heterocycles. The molecule has 2 rings (SSSR count). The fourth-order valence-corrected chi connectivity index (χ4v) is 3.12. The van der Waals surface area contributed by atoms with Crippen LogP contribution in [0.15, 0.2) is 24.3 Å². The Hall–Kier alpha value is -0.970. The summed E-state index contributed by atoms with van der Waals surface area (Å²) in [7, 11) is 0. The van der Waals surface area contributed by atoms with Gasteiger partial charge in [-0.05, 0) is 18.4 Å². The standard InChI is InChI=1S/C17H27FN2O/c1-14(2)11-19-8-9-20(16(13-19)7-10-21)12-15-5-3-4-6-17(15)18/h3-6,14,16,21H,7-13H2,1-2H3. The van der Waals surface area contributed by atoms with Crippen LogP contribution in [0.3, 0.4) is 0 Å². The lowest BCUT2D eigenvalue weighted by atomic mass is 10.1. The molecule has 21 heavy (non-hydrogen) atoms. The lowest BCUT2D eigenvalue weighted by Gasteiger charge is -2.42. The minimum absolute atomic E-state index is 0.134. The van der Waals surface area contributed by atoms with Gasteiger partial charge in [-0.1, -0.05) is 32.0 Å². The van der Waals surface area contributed by atoms with Crippen LogP contribution in [-0.2, 0) is 6.54 Å². The Labute approximate surface area is 127 Å². The average Bonchev–Trinajstić information content (AvgIpc) is 2.43. The van der Waals surface area contributed by atoms with Gasteiger partial charge in [-0.15, -0.1) is 0 Å². The van der Waals surface area contributed by atoms with Crippen LogP contribution < -0.4 is 0 Å². The number of benzene rings is 1. The van der Waals surface area contributed by atoms with Crippen molar-refractivity contribution in [3.63, 3.8) is 0 Å². The van der Waals surface area contributed by atoms with Gasteiger partial charge in [-0.2, -0.15) is 0 Å². The van der Waals surface area contributed by atoms with E-state index in [2.05, 4.69) is 23.6 Å². The molecule has 1 N–H and O–H groups in total. The molecular weight excluding hydrogens is 267 g/mol. The SMILES string of the molecule is CC(C)CN1CCN(Cc2ccccc2F)C(CCO)C1. The van der Waals surface area contributed by atoms with E-state index in [0.29, 0.717) is 18.5 Å². The fourth-order valence-electron chi connectivity index (χ4n) is 3.12. The van der Waals surface area contributed by atoms with Crippen LogP contribution in [0.25, 0.3) is 0 Å². The third kappa shape index (κ3) is 4.77. The van der Waals surface area contributed by atoms with Gasteiger partial charge in [0.15, 0.2) is 0 Å². The maximum Gasteiger partial charge on any atom is 0.127 e. The number of aliphatic hydroxyl groups is 1. The third-order valence-corrected chi connectivity index (χ3v) is 4.11. The van der Waals surface area contributed by atoms with Crippen LogP contribution >= 0.6 is 0 Å². The zero-order chi connectivity index (χ0) is 15.2. The molecule has 118 valence electrons. The Bertz CT molecular complexity index is 439. The van der Waals surface area contributed by atoms with Crippen LogP contribution in [0.1, 0.15) is 25.8 Å². The highest BCUT2D eigenvalue weighted by molar-refractivity contribution is 5.17. The molecule has 0 radical (unpaired) electrons. The van der Waals surface area contributed by atoms with E-state index in [9.17, 15) is 9.50 Å².